The third kappa shape index (κ3) is 6.83. The van der Waals surface area contributed by atoms with Crippen molar-refractivity contribution in [2.45, 2.75) is 38.6 Å². The largest absolute Gasteiger partial charge is 0.389 e. The molecule has 2 fully saturated rings. The summed E-state index contributed by atoms with van der Waals surface area (Å²) in [7, 11) is 0. The summed E-state index contributed by atoms with van der Waals surface area (Å²) in [5.41, 5.74) is -0.123. The minimum absolute atomic E-state index is 0.0395. The van der Waals surface area contributed by atoms with E-state index in [4.69, 9.17) is 5.11 Å². The molecule has 1 aliphatic carbocycles. The number of benzene rings is 1. The fourth-order valence-electron chi connectivity index (χ4n) is 3.49. The Morgan fingerprint density at radius 1 is 1.18 bits per heavy atom. The molecule has 3 amide bonds. The predicted molar refractivity (Wildman–Crippen MR) is 119 cm³/mol. The Labute approximate surface area is 194 Å². The number of halogens is 2. The molecule has 184 valence electrons. The molecule has 1 aromatic heterocycles. The number of ketones is 1. The number of amides is 3. The first kappa shape index (κ1) is 25.3. The van der Waals surface area contributed by atoms with E-state index in [0.717, 1.165) is 12.0 Å². The summed E-state index contributed by atoms with van der Waals surface area (Å²) in [4.78, 5) is 50.5. The van der Waals surface area contributed by atoms with E-state index < -0.39 is 54.3 Å². The van der Waals surface area contributed by atoms with Gasteiger partial charge in [0, 0.05) is 23.9 Å². The van der Waals surface area contributed by atoms with Crippen LogP contribution in [0.25, 0.3) is 10.9 Å². The zero-order chi connectivity index (χ0) is 24.8. The van der Waals surface area contributed by atoms with Crippen LogP contribution in [0.4, 0.5) is 8.78 Å². The first-order valence-corrected chi connectivity index (χ1v) is 11.1. The lowest BCUT2D eigenvalue weighted by Gasteiger charge is -2.19. The second kappa shape index (κ2) is 11.2. The van der Waals surface area contributed by atoms with Gasteiger partial charge in [0.1, 0.15) is 23.9 Å². The van der Waals surface area contributed by atoms with E-state index in [0.29, 0.717) is 19.0 Å². The van der Waals surface area contributed by atoms with Crippen LogP contribution >= 0.6 is 0 Å². The van der Waals surface area contributed by atoms with Crippen molar-refractivity contribution < 1.29 is 33.1 Å². The van der Waals surface area contributed by atoms with Crippen LogP contribution in [0.3, 0.4) is 0 Å². The zero-order valence-corrected chi connectivity index (χ0v) is 18.7. The molecule has 11 heteroatoms. The van der Waals surface area contributed by atoms with Gasteiger partial charge in [-0.15, -0.1) is 0 Å². The number of aliphatic hydroxyl groups excluding tert-OH is 1. The molecule has 1 saturated heterocycles. The van der Waals surface area contributed by atoms with Crippen LogP contribution < -0.4 is 16.0 Å². The van der Waals surface area contributed by atoms with Crippen LogP contribution in [-0.2, 0) is 14.4 Å². The number of aromatic nitrogens is 1. The Morgan fingerprint density at radius 3 is 2.47 bits per heavy atom. The minimum Gasteiger partial charge on any atom is -0.389 e. The number of carbonyl (C=O) groups excluding carboxylic acids is 4. The second-order valence-electron chi connectivity index (χ2n) is 8.66. The Morgan fingerprint density at radius 2 is 1.88 bits per heavy atom. The number of rotatable bonds is 8. The topological polar surface area (TPSA) is 140 Å². The lowest BCUT2D eigenvalue weighted by atomic mass is 9.96. The Kier molecular flexibility index (Phi) is 8.32. The van der Waals surface area contributed by atoms with Crippen molar-refractivity contribution in [1.82, 2.24) is 20.9 Å². The van der Waals surface area contributed by atoms with Crippen molar-refractivity contribution in [3.63, 3.8) is 0 Å². The second-order valence-corrected chi connectivity index (χ2v) is 8.66. The summed E-state index contributed by atoms with van der Waals surface area (Å²) < 4.78 is 27.0. The van der Waals surface area contributed by atoms with Crippen molar-refractivity contribution in [2.75, 3.05) is 19.7 Å². The van der Waals surface area contributed by atoms with Gasteiger partial charge in [-0.2, -0.15) is 0 Å². The van der Waals surface area contributed by atoms with Gasteiger partial charge in [0.05, 0.1) is 18.1 Å². The monoisotopic (exact) mass is 478 g/mol. The van der Waals surface area contributed by atoms with E-state index in [2.05, 4.69) is 27.9 Å². The lowest BCUT2D eigenvalue weighted by molar-refractivity contribution is -0.130. The number of Topliss-reactive ketones (excluding diaryl/α,β-unsaturated/α-hetero) is 1. The molecule has 0 radical (unpaired) electrons. The van der Waals surface area contributed by atoms with E-state index in [-0.39, 0.29) is 28.9 Å². The fraction of sp³-hybridized carbons (Fsp3) is 0.478. The van der Waals surface area contributed by atoms with Gasteiger partial charge in [0.15, 0.2) is 5.78 Å². The van der Waals surface area contributed by atoms with E-state index >= 15 is 0 Å². The van der Waals surface area contributed by atoms with Crippen molar-refractivity contribution in [2.24, 2.45) is 11.8 Å². The Bertz CT molecular complexity index is 1080. The van der Waals surface area contributed by atoms with Gasteiger partial charge >= 0.3 is 0 Å². The van der Waals surface area contributed by atoms with Crippen LogP contribution in [0.2, 0.25) is 0 Å². The molecule has 0 spiro atoms. The van der Waals surface area contributed by atoms with Crippen molar-refractivity contribution >= 4 is 34.4 Å². The fourth-order valence-corrected chi connectivity index (χ4v) is 3.49. The smallest absolute Gasteiger partial charge is 0.268 e. The average molecular weight is 478 g/mol. The molecule has 34 heavy (non-hydrogen) atoms. The van der Waals surface area contributed by atoms with E-state index in [1.807, 2.05) is 0 Å². The normalized spacial score (nSPS) is 18.0. The van der Waals surface area contributed by atoms with Crippen LogP contribution in [-0.4, -0.2) is 59.3 Å². The van der Waals surface area contributed by atoms with Crippen molar-refractivity contribution in [3.8, 4) is 0 Å². The highest BCUT2D eigenvalue weighted by molar-refractivity contribution is 6.00. The summed E-state index contributed by atoms with van der Waals surface area (Å²) >= 11 is 0. The lowest BCUT2D eigenvalue weighted by Crippen LogP contribution is -2.47. The van der Waals surface area contributed by atoms with Crippen LogP contribution in [0.15, 0.2) is 18.2 Å². The van der Waals surface area contributed by atoms with Gasteiger partial charge in [-0.25, -0.2) is 8.78 Å². The first-order valence-electron chi connectivity index (χ1n) is 11.1. The maximum atomic E-state index is 13.7. The number of H-pyrrole nitrogens is 1. The third-order valence-corrected chi connectivity index (χ3v) is 5.73. The first-order chi connectivity index (χ1) is 16.2. The number of hydrogen-bond acceptors (Lipinski definition) is 5. The van der Waals surface area contributed by atoms with E-state index in [9.17, 15) is 28.0 Å². The van der Waals surface area contributed by atoms with Crippen molar-refractivity contribution in [1.29, 1.82) is 0 Å². The predicted octanol–water partition coefficient (Wildman–Crippen LogP) is 1.16. The molecule has 2 aromatic rings. The molecule has 1 aliphatic heterocycles. The molecule has 2 atom stereocenters. The summed E-state index contributed by atoms with van der Waals surface area (Å²) in [6, 6.07) is 1.91. The van der Waals surface area contributed by atoms with Crippen LogP contribution in [0.1, 0.15) is 43.1 Å². The summed E-state index contributed by atoms with van der Waals surface area (Å²) in [6.45, 7) is 1.45. The number of fused-ring (bicyclic) bond motifs is 1. The summed E-state index contributed by atoms with van der Waals surface area (Å²) in [5, 5.41) is 16.6. The summed E-state index contributed by atoms with van der Waals surface area (Å²) in [5.74, 6) is -3.34. The molecule has 0 unspecified atom stereocenters. The molecule has 4 rings (SSSR count). The zero-order valence-electron chi connectivity index (χ0n) is 18.7. The quantitative estimate of drug-likeness (QED) is 0.387. The number of carbonyl (C=O) groups is 4. The third-order valence-electron chi connectivity index (χ3n) is 5.73. The number of nitrogens with one attached hydrogen (secondary N) is 4. The van der Waals surface area contributed by atoms with Gasteiger partial charge < -0.3 is 26.0 Å². The van der Waals surface area contributed by atoms with Crippen LogP contribution in [0, 0.1) is 23.5 Å². The molecular weight excluding hydrogens is 450 g/mol. The van der Waals surface area contributed by atoms with Gasteiger partial charge in [-0.05, 0) is 30.9 Å². The molecule has 1 aromatic carbocycles. The highest BCUT2D eigenvalue weighted by atomic mass is 19.1. The Balaban J connectivity index is 0.000000732. The maximum absolute atomic E-state index is 13.7. The molecule has 5 N–H and O–H groups in total. The molecule has 1 saturated carbocycles. The highest BCUT2D eigenvalue weighted by Gasteiger charge is 2.31. The van der Waals surface area contributed by atoms with Crippen molar-refractivity contribution in [3.05, 3.63) is 35.5 Å². The highest BCUT2D eigenvalue weighted by Crippen LogP contribution is 2.26. The SMILES string of the molecule is CC1CC1.O=C(CNC(=O)c1cc2cc(F)cc(F)c2[nH]1)N[C@@H](C[C@@H]1CCNC1=O)C(=O)CO. The van der Waals surface area contributed by atoms with Gasteiger partial charge in [0.2, 0.25) is 11.8 Å². The maximum Gasteiger partial charge on any atom is 0.268 e. The minimum atomic E-state index is -1.07. The molecule has 9 nitrogen and oxygen atoms in total. The number of aliphatic hydroxyl groups is 1. The van der Waals surface area contributed by atoms with E-state index in [1.165, 1.54) is 18.9 Å². The standard InChI is InChI=1S/C19H20F2N4O5.C4H8/c20-11-3-10-5-14(25-17(10)12(21)6-11)19(30)23-7-16(28)24-13(15(27)8-26)4-9-1-2-22-18(9)29;1-4-2-3-4/h3,5-6,9,13,25-26H,1-2,4,7-8H2,(H,22,29)(H,23,30)(H,24,28);4H,2-3H2,1H3/t9-,13-;/m0./s1. The number of aromatic amines is 1. The van der Waals surface area contributed by atoms with E-state index in [1.54, 1.807) is 0 Å². The molecule has 0 bridgehead atoms. The summed E-state index contributed by atoms with van der Waals surface area (Å²) in [6.07, 6.45) is 3.52. The van der Waals surface area contributed by atoms with Gasteiger partial charge in [-0.3, -0.25) is 19.2 Å². The van der Waals surface area contributed by atoms with Gasteiger partial charge in [-0.1, -0.05) is 19.8 Å². The Hall–Kier alpha value is -3.34. The number of hydrogen-bond donors (Lipinski definition) is 5. The average Bonchev–Trinajstić information content (AvgIpc) is 3.28. The molecule has 2 heterocycles. The van der Waals surface area contributed by atoms with Gasteiger partial charge in [0.25, 0.3) is 5.91 Å². The molecular formula is C23H28F2N4O5. The molecule has 2 aliphatic rings. The van der Waals surface area contributed by atoms with Crippen LogP contribution in [0.5, 0.6) is 0 Å².